The fraction of sp³-hybridized carbons (Fsp3) is 0.333. The van der Waals surface area contributed by atoms with Gasteiger partial charge < -0.3 is 5.32 Å². The average molecular weight is 354 g/mol. The second-order valence-electron chi connectivity index (χ2n) is 4.87. The van der Waals surface area contributed by atoms with Gasteiger partial charge in [-0.25, -0.2) is 9.07 Å². The van der Waals surface area contributed by atoms with Gasteiger partial charge in [-0.15, -0.1) is 0 Å². The first-order valence-corrected chi connectivity index (χ1v) is 7.51. The Hall–Kier alpha value is -1.69. The van der Waals surface area contributed by atoms with Crippen LogP contribution in [0.3, 0.4) is 0 Å². The van der Waals surface area contributed by atoms with Gasteiger partial charge in [0.15, 0.2) is 0 Å². The van der Waals surface area contributed by atoms with Crippen molar-refractivity contribution in [1.29, 1.82) is 0 Å². The summed E-state index contributed by atoms with van der Waals surface area (Å²) >= 11 is 3.29. The minimum Gasteiger partial charge on any atom is -0.376 e. The normalized spacial score (nSPS) is 12.2. The van der Waals surface area contributed by atoms with E-state index in [9.17, 15) is 9.18 Å². The van der Waals surface area contributed by atoms with E-state index in [1.807, 2.05) is 19.9 Å². The number of rotatable bonds is 4. The van der Waals surface area contributed by atoms with Crippen molar-refractivity contribution >= 4 is 21.6 Å². The Balaban J connectivity index is 2.27. The molecule has 0 fully saturated rings. The molecule has 1 N–H and O–H groups in total. The molecular weight excluding hydrogens is 337 g/mol. The maximum atomic E-state index is 13.6. The molecule has 0 aliphatic rings. The van der Waals surface area contributed by atoms with Gasteiger partial charge in [0.05, 0.1) is 11.9 Å². The molecule has 1 unspecified atom stereocenters. The monoisotopic (exact) mass is 353 g/mol. The first-order valence-electron chi connectivity index (χ1n) is 6.72. The van der Waals surface area contributed by atoms with Crippen LogP contribution in [0.1, 0.15) is 31.0 Å². The molecule has 0 radical (unpaired) electrons. The summed E-state index contributed by atoms with van der Waals surface area (Å²) in [4.78, 5) is 12.0. The lowest BCUT2D eigenvalue weighted by molar-refractivity contribution is 0.610. The molecular formula is C15H17BrFN3O. The van der Waals surface area contributed by atoms with Crippen molar-refractivity contribution in [2.24, 2.45) is 0 Å². The number of anilines is 1. The number of hydrogen-bond acceptors (Lipinski definition) is 3. The highest BCUT2D eigenvalue weighted by Gasteiger charge is 2.12. The summed E-state index contributed by atoms with van der Waals surface area (Å²) in [6, 6.07) is 4.97. The van der Waals surface area contributed by atoms with E-state index in [1.165, 1.54) is 10.7 Å². The third kappa shape index (κ3) is 3.32. The van der Waals surface area contributed by atoms with E-state index < -0.39 is 0 Å². The van der Waals surface area contributed by atoms with Gasteiger partial charge in [0.2, 0.25) is 0 Å². The van der Waals surface area contributed by atoms with Crippen LogP contribution in [0.25, 0.3) is 0 Å². The number of aromatic nitrogens is 2. The summed E-state index contributed by atoms with van der Waals surface area (Å²) < 4.78 is 15.4. The molecule has 6 heteroatoms. The zero-order valence-corrected chi connectivity index (χ0v) is 13.7. The average Bonchev–Trinajstić information content (AvgIpc) is 2.47. The molecule has 1 aromatic heterocycles. The molecule has 1 atom stereocenters. The Kier molecular flexibility index (Phi) is 4.77. The number of halogens is 2. The second-order valence-corrected chi connectivity index (χ2v) is 5.66. The number of nitrogens with one attached hydrogen (secondary N) is 1. The summed E-state index contributed by atoms with van der Waals surface area (Å²) in [6.45, 7) is 5.99. The van der Waals surface area contributed by atoms with Gasteiger partial charge in [-0.05, 0) is 53.9 Å². The van der Waals surface area contributed by atoms with Gasteiger partial charge in [0, 0.05) is 12.6 Å². The van der Waals surface area contributed by atoms with E-state index in [-0.39, 0.29) is 17.4 Å². The highest BCUT2D eigenvalue weighted by atomic mass is 79.9. The van der Waals surface area contributed by atoms with Crippen molar-refractivity contribution in [3.63, 3.8) is 0 Å². The van der Waals surface area contributed by atoms with Crippen molar-refractivity contribution in [1.82, 2.24) is 9.78 Å². The minimum atomic E-state index is -0.236. The van der Waals surface area contributed by atoms with Gasteiger partial charge in [-0.2, -0.15) is 5.10 Å². The van der Waals surface area contributed by atoms with E-state index in [0.717, 1.165) is 5.56 Å². The SMILES string of the molecule is CCn1ncc(NC(C)c2ccc(C)c(F)c2)c(Br)c1=O. The highest BCUT2D eigenvalue weighted by Crippen LogP contribution is 2.24. The Morgan fingerprint density at radius 1 is 1.48 bits per heavy atom. The largest absolute Gasteiger partial charge is 0.376 e. The fourth-order valence-electron chi connectivity index (χ4n) is 1.99. The molecule has 4 nitrogen and oxygen atoms in total. The first kappa shape index (κ1) is 15.7. The summed E-state index contributed by atoms with van der Waals surface area (Å²) in [5, 5.41) is 7.25. The van der Waals surface area contributed by atoms with Crippen molar-refractivity contribution in [2.75, 3.05) is 5.32 Å². The van der Waals surface area contributed by atoms with E-state index in [2.05, 4.69) is 26.3 Å². The number of hydrogen-bond donors (Lipinski definition) is 1. The molecule has 1 heterocycles. The van der Waals surface area contributed by atoms with Crippen molar-refractivity contribution < 1.29 is 4.39 Å². The zero-order valence-electron chi connectivity index (χ0n) is 12.2. The molecule has 112 valence electrons. The van der Waals surface area contributed by atoms with Crippen LogP contribution in [0.5, 0.6) is 0 Å². The molecule has 0 aliphatic carbocycles. The predicted molar refractivity (Wildman–Crippen MR) is 85.0 cm³/mol. The quantitative estimate of drug-likeness (QED) is 0.912. The van der Waals surface area contributed by atoms with E-state index in [4.69, 9.17) is 0 Å². The number of benzene rings is 1. The van der Waals surface area contributed by atoms with Gasteiger partial charge in [0.1, 0.15) is 10.3 Å². The molecule has 0 bridgehead atoms. The van der Waals surface area contributed by atoms with E-state index >= 15 is 0 Å². The van der Waals surface area contributed by atoms with Crippen LogP contribution >= 0.6 is 15.9 Å². The number of nitrogens with zero attached hydrogens (tertiary/aromatic N) is 2. The summed E-state index contributed by atoms with van der Waals surface area (Å²) in [5.41, 5.74) is 1.83. The van der Waals surface area contributed by atoms with Gasteiger partial charge >= 0.3 is 0 Å². The topological polar surface area (TPSA) is 46.9 Å². The molecule has 21 heavy (non-hydrogen) atoms. The summed E-state index contributed by atoms with van der Waals surface area (Å²) in [6.07, 6.45) is 1.59. The summed E-state index contributed by atoms with van der Waals surface area (Å²) in [7, 11) is 0. The lowest BCUT2D eigenvalue weighted by atomic mass is 10.1. The summed E-state index contributed by atoms with van der Waals surface area (Å²) in [5.74, 6) is -0.236. The van der Waals surface area contributed by atoms with Crippen LogP contribution in [-0.2, 0) is 6.54 Å². The fourth-order valence-corrected chi connectivity index (χ4v) is 2.41. The third-order valence-electron chi connectivity index (χ3n) is 3.35. The smallest absolute Gasteiger partial charge is 0.283 e. The lowest BCUT2D eigenvalue weighted by Crippen LogP contribution is -2.24. The zero-order chi connectivity index (χ0) is 15.6. The molecule has 0 saturated heterocycles. The maximum absolute atomic E-state index is 13.6. The van der Waals surface area contributed by atoms with Crippen molar-refractivity contribution in [2.45, 2.75) is 33.4 Å². The standard InChI is InChI=1S/C15H17BrFN3O/c1-4-20-15(21)14(16)13(8-18-20)19-10(3)11-6-5-9(2)12(17)7-11/h5-8,10,19H,4H2,1-3H3. The Labute approximate surface area is 131 Å². The minimum absolute atomic E-state index is 0.143. The van der Waals surface area contributed by atoms with Crippen LogP contribution in [-0.4, -0.2) is 9.78 Å². The van der Waals surface area contributed by atoms with E-state index in [1.54, 1.807) is 19.2 Å². The Bertz CT molecular complexity index is 715. The van der Waals surface area contributed by atoms with Crippen LogP contribution in [0.15, 0.2) is 33.7 Å². The first-order chi connectivity index (χ1) is 9.93. The number of aryl methyl sites for hydroxylation is 2. The van der Waals surface area contributed by atoms with Gasteiger partial charge in [-0.1, -0.05) is 12.1 Å². The Morgan fingerprint density at radius 3 is 2.81 bits per heavy atom. The second kappa shape index (κ2) is 6.39. The third-order valence-corrected chi connectivity index (χ3v) is 4.12. The molecule has 0 spiro atoms. The molecule has 0 saturated carbocycles. The molecule has 2 aromatic rings. The van der Waals surface area contributed by atoms with Crippen LogP contribution < -0.4 is 10.9 Å². The highest BCUT2D eigenvalue weighted by molar-refractivity contribution is 9.10. The molecule has 0 aliphatic heterocycles. The van der Waals surface area contributed by atoms with Crippen LogP contribution in [0, 0.1) is 12.7 Å². The lowest BCUT2D eigenvalue weighted by Gasteiger charge is -2.17. The van der Waals surface area contributed by atoms with Gasteiger partial charge in [-0.3, -0.25) is 4.79 Å². The van der Waals surface area contributed by atoms with Crippen molar-refractivity contribution in [3.05, 3.63) is 56.2 Å². The van der Waals surface area contributed by atoms with Crippen LogP contribution in [0.4, 0.5) is 10.1 Å². The molecule has 1 aromatic carbocycles. The predicted octanol–water partition coefficient (Wildman–Crippen LogP) is 3.65. The van der Waals surface area contributed by atoms with Crippen LogP contribution in [0.2, 0.25) is 0 Å². The van der Waals surface area contributed by atoms with E-state index in [0.29, 0.717) is 22.3 Å². The molecule has 0 amide bonds. The Morgan fingerprint density at radius 2 is 2.19 bits per heavy atom. The van der Waals surface area contributed by atoms with Crippen molar-refractivity contribution in [3.8, 4) is 0 Å². The van der Waals surface area contributed by atoms with Gasteiger partial charge in [0.25, 0.3) is 5.56 Å². The molecule has 2 rings (SSSR count). The maximum Gasteiger partial charge on any atom is 0.283 e.